The molecule has 3 heterocycles. The van der Waals surface area contributed by atoms with E-state index in [0.29, 0.717) is 18.3 Å². The highest BCUT2D eigenvalue weighted by atomic mass is 19.4. The molecule has 2 unspecified atom stereocenters. The van der Waals surface area contributed by atoms with Gasteiger partial charge >= 0.3 is 6.18 Å². The van der Waals surface area contributed by atoms with E-state index in [-0.39, 0.29) is 5.54 Å². The number of hydrogen-bond donors (Lipinski definition) is 2. The summed E-state index contributed by atoms with van der Waals surface area (Å²) in [6.07, 6.45) is -0.487. The van der Waals surface area contributed by atoms with Gasteiger partial charge < -0.3 is 10.6 Å². The Balaban J connectivity index is 1.89. The number of fused-ring (bicyclic) bond motifs is 2. The standard InChI is InChI=1S/C11H13F3N4/c12-11(13,14)9-5-16-8(4-17-9)10-2-1-7(18-10)3-15-6-10/h4-5,7,15,18H,1-3,6H2. The van der Waals surface area contributed by atoms with Crippen LogP contribution in [0.15, 0.2) is 12.4 Å². The van der Waals surface area contributed by atoms with Gasteiger partial charge in [0, 0.05) is 19.1 Å². The van der Waals surface area contributed by atoms with Crippen LogP contribution in [0.5, 0.6) is 0 Å². The summed E-state index contributed by atoms with van der Waals surface area (Å²) in [6.45, 7) is 1.58. The monoisotopic (exact) mass is 258 g/mol. The van der Waals surface area contributed by atoms with Gasteiger partial charge in [-0.05, 0) is 12.8 Å². The molecule has 2 saturated heterocycles. The smallest absolute Gasteiger partial charge is 0.313 e. The Morgan fingerprint density at radius 1 is 1.28 bits per heavy atom. The van der Waals surface area contributed by atoms with Gasteiger partial charge in [0.05, 0.1) is 23.6 Å². The first-order chi connectivity index (χ1) is 8.50. The fraction of sp³-hybridized carbons (Fsp3) is 0.636. The summed E-state index contributed by atoms with van der Waals surface area (Å²) in [5.74, 6) is 0. The lowest BCUT2D eigenvalue weighted by atomic mass is 9.93. The molecule has 0 radical (unpaired) electrons. The molecule has 3 rings (SSSR count). The summed E-state index contributed by atoms with van der Waals surface area (Å²) < 4.78 is 37.3. The number of aromatic nitrogens is 2. The van der Waals surface area contributed by atoms with Crippen molar-refractivity contribution < 1.29 is 13.2 Å². The lowest BCUT2D eigenvalue weighted by Crippen LogP contribution is -2.56. The van der Waals surface area contributed by atoms with Crippen LogP contribution in [0, 0.1) is 0 Å². The van der Waals surface area contributed by atoms with E-state index in [2.05, 4.69) is 20.6 Å². The first-order valence-electron chi connectivity index (χ1n) is 5.88. The minimum absolute atomic E-state index is 0.347. The Morgan fingerprint density at radius 2 is 2.11 bits per heavy atom. The van der Waals surface area contributed by atoms with Crippen molar-refractivity contribution in [2.75, 3.05) is 13.1 Å². The molecule has 0 spiro atoms. The zero-order valence-corrected chi connectivity index (χ0v) is 9.59. The lowest BCUT2D eigenvalue weighted by molar-refractivity contribution is -0.141. The summed E-state index contributed by atoms with van der Waals surface area (Å²) >= 11 is 0. The maximum atomic E-state index is 12.4. The molecule has 18 heavy (non-hydrogen) atoms. The predicted octanol–water partition coefficient (Wildman–Crippen LogP) is 1.05. The Kier molecular flexibility index (Phi) is 2.56. The number of rotatable bonds is 1. The van der Waals surface area contributed by atoms with Gasteiger partial charge in [-0.2, -0.15) is 13.2 Å². The fourth-order valence-corrected chi connectivity index (χ4v) is 2.72. The number of nitrogens with one attached hydrogen (secondary N) is 2. The van der Waals surface area contributed by atoms with Gasteiger partial charge in [-0.25, -0.2) is 4.98 Å². The quantitative estimate of drug-likeness (QED) is 0.790. The van der Waals surface area contributed by atoms with E-state index < -0.39 is 11.9 Å². The van der Waals surface area contributed by atoms with Crippen LogP contribution in [0.2, 0.25) is 0 Å². The third-order valence-corrected chi connectivity index (χ3v) is 3.65. The van der Waals surface area contributed by atoms with Crippen molar-refractivity contribution in [3.63, 3.8) is 0 Å². The predicted molar refractivity (Wildman–Crippen MR) is 57.7 cm³/mol. The number of alkyl halides is 3. The van der Waals surface area contributed by atoms with Crippen molar-refractivity contribution in [1.29, 1.82) is 0 Å². The fourth-order valence-electron chi connectivity index (χ4n) is 2.72. The van der Waals surface area contributed by atoms with Crippen LogP contribution < -0.4 is 10.6 Å². The molecule has 1 aromatic rings. The maximum absolute atomic E-state index is 12.4. The Hall–Kier alpha value is -1.21. The van der Waals surface area contributed by atoms with Crippen LogP contribution in [0.1, 0.15) is 24.2 Å². The Bertz CT molecular complexity index is 441. The van der Waals surface area contributed by atoms with Crippen LogP contribution in [-0.2, 0) is 11.7 Å². The molecule has 0 aliphatic carbocycles. The van der Waals surface area contributed by atoms with Gasteiger partial charge in [-0.3, -0.25) is 4.98 Å². The number of hydrogen-bond acceptors (Lipinski definition) is 4. The first kappa shape index (κ1) is 11.9. The Morgan fingerprint density at radius 3 is 2.78 bits per heavy atom. The molecule has 2 N–H and O–H groups in total. The van der Waals surface area contributed by atoms with E-state index in [1.807, 2.05) is 0 Å². The van der Waals surface area contributed by atoms with Crippen LogP contribution >= 0.6 is 0 Å². The van der Waals surface area contributed by atoms with E-state index in [9.17, 15) is 13.2 Å². The van der Waals surface area contributed by atoms with Crippen molar-refractivity contribution in [1.82, 2.24) is 20.6 Å². The summed E-state index contributed by atoms with van der Waals surface area (Å²) in [4.78, 5) is 7.43. The molecule has 2 aliphatic rings. The highest BCUT2D eigenvalue weighted by Crippen LogP contribution is 2.34. The van der Waals surface area contributed by atoms with Crippen molar-refractivity contribution in [2.24, 2.45) is 0 Å². The summed E-state index contributed by atoms with van der Waals surface area (Å²) in [6, 6.07) is 0.378. The van der Waals surface area contributed by atoms with Gasteiger partial charge in [0.25, 0.3) is 0 Å². The molecule has 0 saturated carbocycles. The molecular formula is C11H13F3N4. The second-order valence-corrected chi connectivity index (χ2v) is 4.88. The summed E-state index contributed by atoms with van der Waals surface area (Å²) in [5, 5.41) is 6.71. The van der Waals surface area contributed by atoms with E-state index in [1.165, 1.54) is 6.20 Å². The van der Waals surface area contributed by atoms with Gasteiger partial charge in [0.2, 0.25) is 0 Å². The van der Waals surface area contributed by atoms with Gasteiger partial charge in [0.15, 0.2) is 5.69 Å². The average Bonchev–Trinajstić information content (AvgIpc) is 2.65. The van der Waals surface area contributed by atoms with Crippen LogP contribution in [-0.4, -0.2) is 29.1 Å². The SMILES string of the molecule is FC(F)(F)c1cnc(C23CCC(CNC2)N3)cn1. The molecule has 2 atom stereocenters. The van der Waals surface area contributed by atoms with E-state index in [4.69, 9.17) is 0 Å². The number of nitrogens with zero attached hydrogens (tertiary/aromatic N) is 2. The zero-order valence-electron chi connectivity index (χ0n) is 9.59. The maximum Gasteiger partial charge on any atom is 0.434 e. The van der Waals surface area contributed by atoms with Gasteiger partial charge in [0.1, 0.15) is 0 Å². The molecular weight excluding hydrogens is 245 g/mol. The zero-order chi connectivity index (χ0) is 12.8. The minimum atomic E-state index is -4.43. The van der Waals surface area contributed by atoms with Gasteiger partial charge in [-0.1, -0.05) is 0 Å². The number of piperazine rings is 1. The molecule has 2 aliphatic heterocycles. The third-order valence-electron chi connectivity index (χ3n) is 3.65. The lowest BCUT2D eigenvalue weighted by Gasteiger charge is -2.34. The molecule has 0 aromatic carbocycles. The normalized spacial score (nSPS) is 31.6. The molecule has 2 bridgehead atoms. The molecule has 98 valence electrons. The van der Waals surface area contributed by atoms with E-state index in [0.717, 1.165) is 25.6 Å². The molecule has 7 heteroatoms. The van der Waals surface area contributed by atoms with Crippen molar-refractivity contribution >= 4 is 0 Å². The highest BCUT2D eigenvalue weighted by Gasteiger charge is 2.44. The minimum Gasteiger partial charge on any atom is -0.313 e. The van der Waals surface area contributed by atoms with Crippen LogP contribution in [0.4, 0.5) is 13.2 Å². The average molecular weight is 258 g/mol. The highest BCUT2D eigenvalue weighted by molar-refractivity contribution is 5.20. The van der Waals surface area contributed by atoms with Crippen LogP contribution in [0.25, 0.3) is 0 Å². The van der Waals surface area contributed by atoms with Crippen LogP contribution in [0.3, 0.4) is 0 Å². The third kappa shape index (κ3) is 1.87. The van der Waals surface area contributed by atoms with E-state index >= 15 is 0 Å². The molecule has 2 fully saturated rings. The van der Waals surface area contributed by atoms with Crippen molar-refractivity contribution in [2.45, 2.75) is 30.6 Å². The molecule has 1 aromatic heterocycles. The van der Waals surface area contributed by atoms with Gasteiger partial charge in [-0.15, -0.1) is 0 Å². The second kappa shape index (κ2) is 3.89. The molecule has 0 amide bonds. The first-order valence-corrected chi connectivity index (χ1v) is 5.88. The topological polar surface area (TPSA) is 49.8 Å². The molecule has 4 nitrogen and oxygen atoms in total. The summed E-state index contributed by atoms with van der Waals surface area (Å²) in [5.41, 5.74) is -0.703. The number of halogens is 3. The Labute approximate surface area is 102 Å². The summed E-state index contributed by atoms with van der Waals surface area (Å²) in [7, 11) is 0. The van der Waals surface area contributed by atoms with E-state index in [1.54, 1.807) is 0 Å². The van der Waals surface area contributed by atoms with Crippen molar-refractivity contribution in [3.05, 3.63) is 23.8 Å². The van der Waals surface area contributed by atoms with Crippen molar-refractivity contribution in [3.8, 4) is 0 Å². The largest absolute Gasteiger partial charge is 0.434 e. The second-order valence-electron chi connectivity index (χ2n) is 4.88.